The molecule has 0 spiro atoms. The van der Waals surface area contributed by atoms with Crippen LogP contribution in [-0.4, -0.2) is 42.0 Å². The van der Waals surface area contributed by atoms with Crippen molar-refractivity contribution >= 4 is 17.3 Å². The highest BCUT2D eigenvalue weighted by atomic mass is 16.1. The molecule has 2 heterocycles. The van der Waals surface area contributed by atoms with E-state index in [-0.39, 0.29) is 6.04 Å². The molecule has 3 rings (SSSR count). The summed E-state index contributed by atoms with van der Waals surface area (Å²) in [6.07, 6.45) is 3.97. The first-order valence-electron chi connectivity index (χ1n) is 6.78. The second kappa shape index (κ2) is 5.45. The fourth-order valence-corrected chi connectivity index (χ4v) is 2.73. The lowest BCUT2D eigenvalue weighted by Gasteiger charge is -2.32. The number of nitrogens with one attached hydrogen (secondary N) is 2. The largest absolute Gasteiger partial charge is 0.358 e. The van der Waals surface area contributed by atoms with Gasteiger partial charge in [0.1, 0.15) is 0 Å². The summed E-state index contributed by atoms with van der Waals surface area (Å²) in [5, 5.41) is 4.58. The molecule has 1 aliphatic rings. The van der Waals surface area contributed by atoms with Gasteiger partial charge < -0.3 is 15.2 Å². The third-order valence-corrected chi connectivity index (χ3v) is 3.80. The van der Waals surface area contributed by atoms with Gasteiger partial charge in [0.25, 0.3) is 0 Å². The van der Waals surface area contributed by atoms with E-state index in [1.807, 2.05) is 18.5 Å². The molecule has 2 N–H and O–H groups in total. The smallest absolute Gasteiger partial charge is 0.312 e. The highest BCUT2D eigenvalue weighted by molar-refractivity contribution is 5.80. The van der Waals surface area contributed by atoms with Crippen LogP contribution in [0, 0.1) is 0 Å². The number of hydrogen-bond donors (Lipinski definition) is 2. The third kappa shape index (κ3) is 2.63. The Morgan fingerprint density at radius 1 is 1.37 bits per heavy atom. The molecule has 0 saturated carbocycles. The first-order valence-corrected chi connectivity index (χ1v) is 6.78. The number of amides is 1. The van der Waals surface area contributed by atoms with Gasteiger partial charge in [-0.05, 0) is 30.4 Å². The monoisotopic (exact) mass is 256 g/mol. The molecule has 2 aromatic rings. The predicted octanol–water partition coefficient (Wildman–Crippen LogP) is 1.44. The van der Waals surface area contributed by atoms with Crippen LogP contribution in [0.4, 0.5) is 0 Å². The van der Waals surface area contributed by atoms with E-state index in [1.54, 1.807) is 4.90 Å². The summed E-state index contributed by atoms with van der Waals surface area (Å²) < 4.78 is 0. The molecular weight excluding hydrogens is 238 g/mol. The molecular formula is C15H18N3O. The maximum Gasteiger partial charge on any atom is 0.312 e. The predicted molar refractivity (Wildman–Crippen MR) is 75.7 cm³/mol. The number of aromatic amines is 1. The van der Waals surface area contributed by atoms with Crippen LogP contribution in [0.5, 0.6) is 0 Å². The second-order valence-electron chi connectivity index (χ2n) is 5.06. The molecule has 1 atom stereocenters. The van der Waals surface area contributed by atoms with Gasteiger partial charge in [-0.2, -0.15) is 0 Å². The van der Waals surface area contributed by atoms with Crippen molar-refractivity contribution in [3.8, 4) is 0 Å². The van der Waals surface area contributed by atoms with E-state index in [0.29, 0.717) is 0 Å². The van der Waals surface area contributed by atoms with Crippen molar-refractivity contribution in [2.45, 2.75) is 18.9 Å². The zero-order chi connectivity index (χ0) is 13.1. The van der Waals surface area contributed by atoms with Crippen molar-refractivity contribution < 1.29 is 4.79 Å². The van der Waals surface area contributed by atoms with Crippen LogP contribution in [0.3, 0.4) is 0 Å². The quantitative estimate of drug-likeness (QED) is 0.869. The number of aryl methyl sites for hydroxylation is 1. The Bertz CT molecular complexity index is 530. The van der Waals surface area contributed by atoms with E-state index >= 15 is 0 Å². The van der Waals surface area contributed by atoms with Crippen molar-refractivity contribution in [3.63, 3.8) is 0 Å². The molecule has 1 saturated heterocycles. The Morgan fingerprint density at radius 3 is 3.11 bits per heavy atom. The van der Waals surface area contributed by atoms with Crippen LogP contribution in [0.25, 0.3) is 10.9 Å². The fourth-order valence-electron chi connectivity index (χ4n) is 2.73. The SMILES string of the molecule is O=[C]N1CCNCC1CCc1cc2ccccc2[nH]1. The van der Waals surface area contributed by atoms with Gasteiger partial charge in [0.05, 0.1) is 0 Å². The maximum absolute atomic E-state index is 10.9. The second-order valence-corrected chi connectivity index (χ2v) is 5.06. The number of aromatic nitrogens is 1. The van der Waals surface area contributed by atoms with Gasteiger partial charge in [-0.3, -0.25) is 4.79 Å². The molecule has 4 heteroatoms. The summed E-state index contributed by atoms with van der Waals surface area (Å²) in [6, 6.07) is 10.7. The van der Waals surface area contributed by atoms with Gasteiger partial charge in [0, 0.05) is 36.9 Å². The van der Waals surface area contributed by atoms with Crippen LogP contribution in [0.1, 0.15) is 12.1 Å². The Morgan fingerprint density at radius 2 is 2.26 bits per heavy atom. The molecule has 4 nitrogen and oxygen atoms in total. The molecule has 0 aliphatic carbocycles. The molecule has 1 unspecified atom stereocenters. The van der Waals surface area contributed by atoms with Crippen LogP contribution >= 0.6 is 0 Å². The number of fused-ring (bicyclic) bond motifs is 1. The lowest BCUT2D eigenvalue weighted by molar-refractivity contribution is 0.235. The maximum atomic E-state index is 10.9. The minimum Gasteiger partial charge on any atom is -0.358 e. The normalized spacial score (nSPS) is 19.8. The first-order chi connectivity index (χ1) is 9.36. The first kappa shape index (κ1) is 12.2. The molecule has 1 aromatic heterocycles. The summed E-state index contributed by atoms with van der Waals surface area (Å²) in [4.78, 5) is 16.1. The number of carbonyl (C=O) groups excluding carboxylic acids is 1. The number of para-hydroxylation sites is 1. The molecule has 99 valence electrons. The Balaban J connectivity index is 1.66. The fraction of sp³-hybridized carbons (Fsp3) is 0.400. The number of hydrogen-bond acceptors (Lipinski definition) is 2. The van der Waals surface area contributed by atoms with E-state index in [0.717, 1.165) is 32.5 Å². The lowest BCUT2D eigenvalue weighted by Crippen LogP contribution is -2.50. The summed E-state index contributed by atoms with van der Waals surface area (Å²) in [6.45, 7) is 2.51. The highest BCUT2D eigenvalue weighted by Gasteiger charge is 2.21. The Hall–Kier alpha value is -1.81. The van der Waals surface area contributed by atoms with Crippen molar-refractivity contribution in [1.82, 2.24) is 15.2 Å². The molecule has 1 radical (unpaired) electrons. The van der Waals surface area contributed by atoms with Gasteiger partial charge in [0.2, 0.25) is 0 Å². The van der Waals surface area contributed by atoms with E-state index < -0.39 is 0 Å². The zero-order valence-electron chi connectivity index (χ0n) is 10.9. The molecule has 1 aliphatic heterocycles. The number of nitrogens with zero attached hydrogens (tertiary/aromatic N) is 1. The number of benzene rings is 1. The third-order valence-electron chi connectivity index (χ3n) is 3.80. The van der Waals surface area contributed by atoms with E-state index in [9.17, 15) is 4.79 Å². The summed E-state index contributed by atoms with van der Waals surface area (Å²) >= 11 is 0. The van der Waals surface area contributed by atoms with Crippen LogP contribution in [0.2, 0.25) is 0 Å². The molecule has 1 fully saturated rings. The summed E-state index contributed by atoms with van der Waals surface area (Å²) in [5.41, 5.74) is 2.41. The molecule has 0 bridgehead atoms. The molecule has 1 amide bonds. The van der Waals surface area contributed by atoms with Crippen molar-refractivity contribution in [2.75, 3.05) is 19.6 Å². The summed E-state index contributed by atoms with van der Waals surface area (Å²) in [7, 11) is 0. The van der Waals surface area contributed by atoms with Crippen molar-refractivity contribution in [1.29, 1.82) is 0 Å². The van der Waals surface area contributed by atoms with Gasteiger partial charge >= 0.3 is 6.41 Å². The van der Waals surface area contributed by atoms with Crippen molar-refractivity contribution in [3.05, 3.63) is 36.0 Å². The van der Waals surface area contributed by atoms with Gasteiger partial charge in [0.15, 0.2) is 0 Å². The average molecular weight is 256 g/mol. The van der Waals surface area contributed by atoms with Crippen LogP contribution in [-0.2, 0) is 11.2 Å². The Labute approximate surface area is 112 Å². The average Bonchev–Trinajstić information content (AvgIpc) is 2.88. The van der Waals surface area contributed by atoms with Gasteiger partial charge in [-0.25, -0.2) is 0 Å². The molecule has 19 heavy (non-hydrogen) atoms. The Kier molecular flexibility index (Phi) is 3.51. The molecule has 1 aromatic carbocycles. The van der Waals surface area contributed by atoms with Crippen LogP contribution < -0.4 is 5.32 Å². The number of H-pyrrole nitrogens is 1. The minimum absolute atomic E-state index is 0.262. The highest BCUT2D eigenvalue weighted by Crippen LogP contribution is 2.17. The number of piperazine rings is 1. The lowest BCUT2D eigenvalue weighted by atomic mass is 10.1. The minimum atomic E-state index is 0.262. The van der Waals surface area contributed by atoms with E-state index in [2.05, 4.69) is 28.5 Å². The van der Waals surface area contributed by atoms with Gasteiger partial charge in [-0.15, -0.1) is 0 Å². The van der Waals surface area contributed by atoms with Gasteiger partial charge in [-0.1, -0.05) is 18.2 Å². The topological polar surface area (TPSA) is 48.1 Å². The number of rotatable bonds is 4. The summed E-state index contributed by atoms with van der Waals surface area (Å²) in [5.74, 6) is 0. The zero-order valence-corrected chi connectivity index (χ0v) is 10.9. The van der Waals surface area contributed by atoms with E-state index in [1.165, 1.54) is 16.6 Å². The standard InChI is InChI=1S/C15H18N3O/c19-11-18-8-7-16-10-14(18)6-5-13-9-12-3-1-2-4-15(12)17-13/h1-4,9,14,16-17H,5-8,10H2. The van der Waals surface area contributed by atoms with Crippen molar-refractivity contribution in [2.24, 2.45) is 0 Å². The van der Waals surface area contributed by atoms with Crippen LogP contribution in [0.15, 0.2) is 30.3 Å². The van der Waals surface area contributed by atoms with E-state index in [4.69, 9.17) is 0 Å².